The van der Waals surface area contributed by atoms with E-state index in [2.05, 4.69) is 21.2 Å². The molecule has 2 aliphatic carbocycles. The van der Waals surface area contributed by atoms with Gasteiger partial charge in [0, 0.05) is 24.2 Å². The molecule has 2 fully saturated rings. The second kappa shape index (κ2) is 7.69. The number of carboxylic acids is 1. The first-order valence-electron chi connectivity index (χ1n) is 10.5. The molecular formula is C24H21BrF2N2O3. The average Bonchev–Trinajstić information content (AvgIpc) is 3.10. The van der Waals surface area contributed by atoms with E-state index in [1.165, 1.54) is 18.2 Å². The number of rotatable bonds is 5. The van der Waals surface area contributed by atoms with Gasteiger partial charge in [0.05, 0.1) is 21.5 Å². The Kier molecular flexibility index (Phi) is 5.08. The van der Waals surface area contributed by atoms with Crippen LogP contribution in [0.4, 0.5) is 8.78 Å². The fourth-order valence-electron chi connectivity index (χ4n) is 5.28. The van der Waals surface area contributed by atoms with Crippen LogP contribution in [-0.2, 0) is 11.3 Å². The minimum Gasteiger partial charge on any atom is -0.481 e. The van der Waals surface area contributed by atoms with Crippen molar-refractivity contribution in [2.45, 2.75) is 38.3 Å². The monoisotopic (exact) mass is 502 g/mol. The predicted octanol–water partition coefficient (Wildman–Crippen LogP) is 5.10. The molecule has 0 saturated heterocycles. The smallest absolute Gasteiger partial charge is 0.306 e. The number of fused-ring (bicyclic) bond motifs is 1. The number of benzene rings is 2. The summed E-state index contributed by atoms with van der Waals surface area (Å²) in [6.45, 7) is 0.292. The normalized spacial score (nSPS) is 24.2. The summed E-state index contributed by atoms with van der Waals surface area (Å²) >= 11 is 3.14. The molecule has 2 saturated carbocycles. The van der Waals surface area contributed by atoms with E-state index in [0.717, 1.165) is 12.8 Å². The van der Waals surface area contributed by atoms with E-state index < -0.39 is 11.8 Å². The lowest BCUT2D eigenvalue weighted by Crippen LogP contribution is -2.57. The number of hydrogen-bond donors (Lipinski definition) is 2. The highest BCUT2D eigenvalue weighted by Gasteiger charge is 2.55. The van der Waals surface area contributed by atoms with E-state index in [9.17, 15) is 18.4 Å². The van der Waals surface area contributed by atoms with E-state index >= 15 is 0 Å². The standard InChI is InChI=1S/C24H21BrF2N2O3/c25-18-3-1-13(7-20(18)27)12-29-6-5-16-19(26)4-2-17(21(16)29)22(30)28-15-10-24(11-15)8-14(9-24)23(31)32/h1-7,14-15H,8-12H2,(H,28,30)(H,31,32). The molecule has 5 rings (SSSR count). The molecule has 0 unspecified atom stereocenters. The Hall–Kier alpha value is -2.74. The number of halogens is 3. The van der Waals surface area contributed by atoms with Crippen molar-refractivity contribution < 1.29 is 23.5 Å². The van der Waals surface area contributed by atoms with Crippen molar-refractivity contribution in [3.05, 3.63) is 69.8 Å². The molecule has 2 aliphatic rings. The van der Waals surface area contributed by atoms with Crippen molar-refractivity contribution in [1.29, 1.82) is 0 Å². The predicted molar refractivity (Wildman–Crippen MR) is 118 cm³/mol. The van der Waals surface area contributed by atoms with Crippen molar-refractivity contribution >= 4 is 38.7 Å². The van der Waals surface area contributed by atoms with Crippen LogP contribution in [0.15, 0.2) is 47.1 Å². The van der Waals surface area contributed by atoms with Gasteiger partial charge < -0.3 is 15.0 Å². The Balaban J connectivity index is 1.35. The van der Waals surface area contributed by atoms with Crippen molar-refractivity contribution in [1.82, 2.24) is 9.88 Å². The molecule has 32 heavy (non-hydrogen) atoms. The van der Waals surface area contributed by atoms with Crippen molar-refractivity contribution in [3.63, 3.8) is 0 Å². The Morgan fingerprint density at radius 1 is 1.09 bits per heavy atom. The Bertz CT molecular complexity index is 1240. The van der Waals surface area contributed by atoms with Crippen LogP contribution in [0.1, 0.15) is 41.6 Å². The number of carbonyl (C=O) groups excluding carboxylic acids is 1. The quantitative estimate of drug-likeness (QED) is 0.509. The molecule has 5 nitrogen and oxygen atoms in total. The topological polar surface area (TPSA) is 71.3 Å². The van der Waals surface area contributed by atoms with Gasteiger partial charge in [-0.2, -0.15) is 0 Å². The van der Waals surface area contributed by atoms with Crippen LogP contribution < -0.4 is 5.32 Å². The summed E-state index contributed by atoms with van der Waals surface area (Å²) in [5, 5.41) is 12.4. The SMILES string of the molecule is O=C(NC1CC2(C1)CC(C(=O)O)C2)c1ccc(F)c2ccn(Cc3ccc(Br)c(F)c3)c12. The zero-order chi connectivity index (χ0) is 22.6. The fraction of sp³-hybridized carbons (Fsp3) is 0.333. The summed E-state index contributed by atoms with van der Waals surface area (Å²) in [6.07, 6.45) is 4.57. The van der Waals surface area contributed by atoms with Gasteiger partial charge in [-0.05, 0) is 82.9 Å². The summed E-state index contributed by atoms with van der Waals surface area (Å²) in [6, 6.07) is 9.17. The molecule has 166 valence electrons. The van der Waals surface area contributed by atoms with Gasteiger partial charge in [-0.3, -0.25) is 9.59 Å². The van der Waals surface area contributed by atoms with Crippen LogP contribution in [-0.4, -0.2) is 27.6 Å². The third-order valence-electron chi connectivity index (χ3n) is 6.86. The molecule has 1 spiro atoms. The molecule has 8 heteroatoms. The third kappa shape index (κ3) is 3.60. The number of amides is 1. The molecule has 3 aromatic rings. The summed E-state index contributed by atoms with van der Waals surface area (Å²) in [5.41, 5.74) is 1.57. The van der Waals surface area contributed by atoms with Crippen molar-refractivity contribution in [3.8, 4) is 0 Å². The van der Waals surface area contributed by atoms with E-state index in [1.807, 2.05) is 0 Å². The lowest BCUT2D eigenvalue weighted by Gasteiger charge is -2.56. The highest BCUT2D eigenvalue weighted by atomic mass is 79.9. The second-order valence-electron chi connectivity index (χ2n) is 9.07. The molecule has 1 amide bonds. The van der Waals surface area contributed by atoms with Crippen LogP contribution in [0.25, 0.3) is 10.9 Å². The van der Waals surface area contributed by atoms with Crippen LogP contribution in [0.3, 0.4) is 0 Å². The molecule has 1 aromatic heterocycles. The van der Waals surface area contributed by atoms with E-state index in [1.54, 1.807) is 29.0 Å². The van der Waals surface area contributed by atoms with Crippen LogP contribution in [0, 0.1) is 23.0 Å². The van der Waals surface area contributed by atoms with Gasteiger partial charge in [0.1, 0.15) is 11.6 Å². The number of carbonyl (C=O) groups is 2. The van der Waals surface area contributed by atoms with E-state index in [4.69, 9.17) is 5.11 Å². The number of aliphatic carboxylic acids is 1. The number of nitrogens with one attached hydrogen (secondary N) is 1. The first kappa shape index (κ1) is 21.1. The van der Waals surface area contributed by atoms with Gasteiger partial charge in [-0.25, -0.2) is 8.78 Å². The molecule has 2 aromatic carbocycles. The van der Waals surface area contributed by atoms with Crippen molar-refractivity contribution in [2.24, 2.45) is 11.3 Å². The van der Waals surface area contributed by atoms with Gasteiger partial charge in [0.2, 0.25) is 0 Å². The van der Waals surface area contributed by atoms with Gasteiger partial charge in [0.25, 0.3) is 5.91 Å². The molecule has 2 N–H and O–H groups in total. The maximum absolute atomic E-state index is 14.4. The van der Waals surface area contributed by atoms with Crippen LogP contribution in [0.5, 0.6) is 0 Å². The number of hydrogen-bond acceptors (Lipinski definition) is 2. The number of nitrogens with zero attached hydrogens (tertiary/aromatic N) is 1. The minimum absolute atomic E-state index is 0.0127. The summed E-state index contributed by atoms with van der Waals surface area (Å²) < 4.78 is 30.5. The average molecular weight is 503 g/mol. The molecule has 1 heterocycles. The molecule has 0 atom stereocenters. The number of aromatic nitrogens is 1. The van der Waals surface area contributed by atoms with E-state index in [-0.39, 0.29) is 29.1 Å². The lowest BCUT2D eigenvalue weighted by atomic mass is 9.50. The molecule has 0 radical (unpaired) electrons. The van der Waals surface area contributed by atoms with Gasteiger partial charge in [-0.15, -0.1) is 0 Å². The molecular weight excluding hydrogens is 482 g/mol. The largest absolute Gasteiger partial charge is 0.481 e. The zero-order valence-corrected chi connectivity index (χ0v) is 18.7. The van der Waals surface area contributed by atoms with Crippen LogP contribution >= 0.6 is 15.9 Å². The zero-order valence-electron chi connectivity index (χ0n) is 17.1. The second-order valence-corrected chi connectivity index (χ2v) is 9.93. The first-order chi connectivity index (χ1) is 15.2. The molecule has 0 aliphatic heterocycles. The first-order valence-corrected chi connectivity index (χ1v) is 11.3. The third-order valence-corrected chi connectivity index (χ3v) is 7.50. The minimum atomic E-state index is -0.747. The Labute approximate surface area is 191 Å². The summed E-state index contributed by atoms with van der Waals surface area (Å²) in [7, 11) is 0. The highest BCUT2D eigenvalue weighted by Crippen LogP contribution is 2.58. The number of carboxylic acid groups (broad SMARTS) is 1. The van der Waals surface area contributed by atoms with Crippen LogP contribution in [0.2, 0.25) is 0 Å². The maximum atomic E-state index is 14.4. The van der Waals surface area contributed by atoms with Gasteiger partial charge in [-0.1, -0.05) is 6.07 Å². The summed E-state index contributed by atoms with van der Waals surface area (Å²) in [4.78, 5) is 24.1. The van der Waals surface area contributed by atoms with E-state index in [0.29, 0.717) is 45.9 Å². The Morgan fingerprint density at radius 2 is 1.84 bits per heavy atom. The fourth-order valence-corrected chi connectivity index (χ4v) is 5.53. The Morgan fingerprint density at radius 3 is 2.53 bits per heavy atom. The van der Waals surface area contributed by atoms with Gasteiger partial charge >= 0.3 is 5.97 Å². The summed E-state index contributed by atoms with van der Waals surface area (Å²) in [5.74, 6) is -2.11. The molecule has 0 bridgehead atoms. The maximum Gasteiger partial charge on any atom is 0.306 e. The highest BCUT2D eigenvalue weighted by molar-refractivity contribution is 9.10. The van der Waals surface area contributed by atoms with Crippen molar-refractivity contribution in [2.75, 3.05) is 0 Å². The van der Waals surface area contributed by atoms with Gasteiger partial charge in [0.15, 0.2) is 0 Å². The lowest BCUT2D eigenvalue weighted by molar-refractivity contribution is -0.155.